The lowest BCUT2D eigenvalue weighted by Gasteiger charge is -2.07. The third kappa shape index (κ3) is 2.35. The summed E-state index contributed by atoms with van der Waals surface area (Å²) in [4.78, 5) is 0. The predicted molar refractivity (Wildman–Crippen MR) is 95.3 cm³/mol. The molecule has 116 valence electrons. The monoisotopic (exact) mass is 315 g/mol. The molecule has 2 aromatic carbocycles. The lowest BCUT2D eigenvalue weighted by atomic mass is 9.97. The fraction of sp³-hybridized carbons (Fsp3) is 0.333. The van der Waals surface area contributed by atoms with Gasteiger partial charge in [0.1, 0.15) is 11.2 Å². The molecule has 0 aliphatic rings. The SMILES string of the molecule is Cc1ccc2op(N(C)C)oc3ccc(C)c(C)c3c2c1C. The van der Waals surface area contributed by atoms with Crippen molar-refractivity contribution in [1.29, 1.82) is 0 Å². The van der Waals surface area contributed by atoms with Gasteiger partial charge in [-0.2, -0.15) is 0 Å². The maximum Gasteiger partial charge on any atom is 0.309 e. The van der Waals surface area contributed by atoms with Crippen LogP contribution in [-0.4, -0.2) is 14.1 Å². The molecule has 0 aliphatic carbocycles. The average Bonchev–Trinajstić information content (AvgIpc) is 2.64. The van der Waals surface area contributed by atoms with E-state index < -0.39 is 8.16 Å². The molecule has 0 unspecified atom stereocenters. The number of benzene rings is 2. The summed E-state index contributed by atoms with van der Waals surface area (Å²) in [6.07, 6.45) is 0. The summed E-state index contributed by atoms with van der Waals surface area (Å²) < 4.78 is 14.4. The second-order valence-corrected chi connectivity index (χ2v) is 7.67. The summed E-state index contributed by atoms with van der Waals surface area (Å²) in [5.74, 6) is 0. The van der Waals surface area contributed by atoms with Crippen LogP contribution in [0.4, 0.5) is 0 Å². The first kappa shape index (κ1) is 15.2. The van der Waals surface area contributed by atoms with Crippen LogP contribution in [-0.2, 0) is 0 Å². The van der Waals surface area contributed by atoms with Crippen molar-refractivity contribution in [3.05, 3.63) is 46.5 Å². The molecule has 22 heavy (non-hydrogen) atoms. The van der Waals surface area contributed by atoms with Crippen molar-refractivity contribution in [3.63, 3.8) is 0 Å². The quantitative estimate of drug-likeness (QED) is 0.575. The molecule has 0 amide bonds. The minimum absolute atomic E-state index is 0.912. The molecule has 0 N–H and O–H groups in total. The van der Waals surface area contributed by atoms with Crippen LogP contribution in [0, 0.1) is 27.7 Å². The van der Waals surface area contributed by atoms with E-state index in [2.05, 4.69) is 52.0 Å². The largest absolute Gasteiger partial charge is 0.408 e. The zero-order chi connectivity index (χ0) is 16.0. The van der Waals surface area contributed by atoms with Gasteiger partial charge < -0.3 is 8.39 Å². The first-order valence-corrected chi connectivity index (χ1v) is 8.57. The van der Waals surface area contributed by atoms with Gasteiger partial charge in [0.25, 0.3) is 0 Å². The molecule has 0 saturated carbocycles. The number of hydrogen-bond acceptors (Lipinski definition) is 3. The molecule has 0 bridgehead atoms. The van der Waals surface area contributed by atoms with E-state index in [9.17, 15) is 0 Å². The summed E-state index contributed by atoms with van der Waals surface area (Å²) in [6.45, 7) is 8.60. The van der Waals surface area contributed by atoms with Crippen LogP contribution in [0.2, 0.25) is 0 Å². The molecule has 0 spiro atoms. The summed E-state index contributed by atoms with van der Waals surface area (Å²) in [6, 6.07) is 8.37. The van der Waals surface area contributed by atoms with Crippen LogP contribution in [0.25, 0.3) is 21.9 Å². The van der Waals surface area contributed by atoms with E-state index in [1.54, 1.807) is 0 Å². The van der Waals surface area contributed by atoms with Crippen molar-refractivity contribution < 1.29 is 8.39 Å². The van der Waals surface area contributed by atoms with Gasteiger partial charge in [0.2, 0.25) is 0 Å². The van der Waals surface area contributed by atoms with Gasteiger partial charge in [-0.3, -0.25) is 0 Å². The van der Waals surface area contributed by atoms with Crippen LogP contribution in [0.15, 0.2) is 32.7 Å². The average molecular weight is 315 g/mol. The Morgan fingerprint density at radius 2 is 1.14 bits per heavy atom. The lowest BCUT2D eigenvalue weighted by Crippen LogP contribution is -2.02. The third-order valence-corrected chi connectivity index (χ3v) is 5.68. The number of rotatable bonds is 1. The van der Waals surface area contributed by atoms with Gasteiger partial charge >= 0.3 is 8.16 Å². The topological polar surface area (TPSA) is 29.5 Å². The Morgan fingerprint density at radius 3 is 1.50 bits per heavy atom. The maximum absolute atomic E-state index is 6.20. The smallest absolute Gasteiger partial charge is 0.309 e. The van der Waals surface area contributed by atoms with Crippen molar-refractivity contribution in [1.82, 2.24) is 0 Å². The van der Waals surface area contributed by atoms with E-state index in [-0.39, 0.29) is 0 Å². The van der Waals surface area contributed by atoms with Gasteiger partial charge in [-0.25, -0.2) is 4.67 Å². The Bertz CT molecular complexity index is 840. The van der Waals surface area contributed by atoms with E-state index in [0.717, 1.165) is 11.2 Å². The van der Waals surface area contributed by atoms with Crippen LogP contribution >= 0.6 is 8.16 Å². The second-order valence-electron chi connectivity index (χ2n) is 6.03. The summed E-state index contributed by atoms with van der Waals surface area (Å²) in [7, 11) is 2.83. The summed E-state index contributed by atoms with van der Waals surface area (Å²) in [5.41, 5.74) is 6.87. The molecule has 3 rings (SSSR count). The second kappa shape index (κ2) is 5.49. The fourth-order valence-electron chi connectivity index (χ4n) is 2.71. The van der Waals surface area contributed by atoms with Crippen molar-refractivity contribution in [3.8, 4) is 0 Å². The standard InChI is InChI=1S/C18H22NO2P/c1-11-7-9-15-17(13(11)3)18-14(4)12(2)8-10-16(18)21-22(20-15)19(5)6/h7-10H,1-6H3. The van der Waals surface area contributed by atoms with Gasteiger partial charge in [0.15, 0.2) is 0 Å². The molecule has 3 aromatic rings. The van der Waals surface area contributed by atoms with Gasteiger partial charge in [0, 0.05) is 24.9 Å². The predicted octanol–water partition coefficient (Wildman–Crippen LogP) is 5.72. The van der Waals surface area contributed by atoms with Crippen molar-refractivity contribution in [2.45, 2.75) is 27.7 Å². The number of fused-ring (bicyclic) bond motifs is 3. The molecule has 0 saturated heterocycles. The fourth-order valence-corrected chi connectivity index (χ4v) is 3.71. The molecule has 4 heteroatoms. The normalized spacial score (nSPS) is 11.6. The van der Waals surface area contributed by atoms with Crippen LogP contribution < -0.4 is 4.67 Å². The summed E-state index contributed by atoms with van der Waals surface area (Å²) >= 11 is 0. The van der Waals surface area contributed by atoms with E-state index in [0.29, 0.717) is 0 Å². The highest BCUT2D eigenvalue weighted by Gasteiger charge is 2.13. The molecule has 1 aromatic heterocycles. The maximum atomic E-state index is 6.20. The highest BCUT2D eigenvalue weighted by atomic mass is 31.1. The molecular formula is C18H22NO2P. The molecule has 0 radical (unpaired) electrons. The zero-order valence-corrected chi connectivity index (χ0v) is 14.9. The molecular weight excluding hydrogens is 293 g/mol. The van der Waals surface area contributed by atoms with Gasteiger partial charge in [-0.1, -0.05) is 12.1 Å². The highest BCUT2D eigenvalue weighted by Crippen LogP contribution is 2.38. The Labute approximate surface area is 132 Å². The van der Waals surface area contributed by atoms with Crippen LogP contribution in [0.3, 0.4) is 0 Å². The van der Waals surface area contributed by atoms with E-state index in [1.807, 2.05) is 18.8 Å². The van der Waals surface area contributed by atoms with Gasteiger partial charge in [-0.05, 0) is 62.1 Å². The Morgan fingerprint density at radius 1 is 0.727 bits per heavy atom. The molecule has 0 fully saturated rings. The van der Waals surface area contributed by atoms with Crippen molar-refractivity contribution in [2.24, 2.45) is 0 Å². The molecule has 0 aliphatic heterocycles. The Kier molecular flexibility index (Phi) is 3.80. The Hall–Kier alpha value is -1.70. The van der Waals surface area contributed by atoms with E-state index >= 15 is 0 Å². The number of aryl methyl sites for hydroxylation is 4. The van der Waals surface area contributed by atoms with Crippen LogP contribution in [0.5, 0.6) is 0 Å². The molecule has 3 nitrogen and oxygen atoms in total. The third-order valence-electron chi connectivity index (χ3n) is 4.32. The molecule has 1 heterocycles. The van der Waals surface area contributed by atoms with E-state index in [1.165, 1.54) is 33.0 Å². The summed E-state index contributed by atoms with van der Waals surface area (Å²) in [5, 5.41) is 2.34. The first-order valence-electron chi connectivity index (χ1n) is 7.44. The highest BCUT2D eigenvalue weighted by molar-refractivity contribution is 7.38. The zero-order valence-electron chi connectivity index (χ0n) is 14.0. The lowest BCUT2D eigenvalue weighted by molar-refractivity contribution is 0.634. The Balaban J connectivity index is 2.69. The van der Waals surface area contributed by atoms with Gasteiger partial charge in [0.05, 0.1) is 0 Å². The minimum Gasteiger partial charge on any atom is -0.408 e. The first-order chi connectivity index (χ1) is 10.4. The van der Waals surface area contributed by atoms with Gasteiger partial charge in [-0.15, -0.1) is 0 Å². The van der Waals surface area contributed by atoms with Crippen molar-refractivity contribution >= 4 is 30.1 Å². The minimum atomic E-state index is -1.14. The molecule has 0 atom stereocenters. The van der Waals surface area contributed by atoms with Crippen LogP contribution in [0.1, 0.15) is 22.3 Å². The number of hydrogen-bond donors (Lipinski definition) is 0. The number of nitrogens with zero attached hydrogens (tertiary/aromatic N) is 1. The van der Waals surface area contributed by atoms with Crippen molar-refractivity contribution in [2.75, 3.05) is 18.8 Å². The van der Waals surface area contributed by atoms with E-state index in [4.69, 9.17) is 8.39 Å².